The summed E-state index contributed by atoms with van der Waals surface area (Å²) in [6.45, 7) is 0.413. The van der Waals surface area contributed by atoms with E-state index in [4.69, 9.17) is 4.74 Å². The number of nitrogens with zero attached hydrogens (tertiary/aromatic N) is 1. The summed E-state index contributed by atoms with van der Waals surface area (Å²) in [5.41, 5.74) is 2.39. The molecule has 1 heterocycles. The van der Waals surface area contributed by atoms with Crippen LogP contribution in [0.3, 0.4) is 0 Å². The van der Waals surface area contributed by atoms with E-state index < -0.39 is 11.9 Å². The van der Waals surface area contributed by atoms with Crippen LogP contribution < -0.4 is 10.1 Å². The topological polar surface area (TPSA) is 115 Å². The molecule has 0 saturated heterocycles. The predicted octanol–water partition coefficient (Wildman–Crippen LogP) is 4.99. The molecule has 0 saturated carbocycles. The average molecular weight is 437 g/mol. The lowest BCUT2D eigenvalue weighted by Gasteiger charge is -2.08. The molecular formula is C26H19N3O4. The Bertz CT molecular complexity index is 1400. The van der Waals surface area contributed by atoms with E-state index in [0.29, 0.717) is 17.9 Å². The van der Waals surface area contributed by atoms with Gasteiger partial charge in [-0.15, -0.1) is 0 Å². The van der Waals surface area contributed by atoms with Gasteiger partial charge in [0, 0.05) is 22.7 Å². The number of aromatic nitrogens is 1. The van der Waals surface area contributed by atoms with Crippen LogP contribution in [0.4, 0.5) is 5.69 Å². The number of aromatic amines is 1. The first-order valence-electron chi connectivity index (χ1n) is 10.1. The Labute approximate surface area is 189 Å². The van der Waals surface area contributed by atoms with Crippen LogP contribution in [0.25, 0.3) is 17.0 Å². The van der Waals surface area contributed by atoms with Gasteiger partial charge in [0.25, 0.3) is 5.91 Å². The van der Waals surface area contributed by atoms with E-state index in [2.05, 4.69) is 10.3 Å². The lowest BCUT2D eigenvalue weighted by atomic mass is 10.1. The van der Waals surface area contributed by atoms with Gasteiger partial charge in [-0.1, -0.05) is 42.5 Å². The smallest absolute Gasteiger partial charge is 0.337 e. The van der Waals surface area contributed by atoms with Crippen molar-refractivity contribution in [3.63, 3.8) is 0 Å². The second-order valence-corrected chi connectivity index (χ2v) is 7.20. The van der Waals surface area contributed by atoms with E-state index in [-0.39, 0.29) is 16.8 Å². The van der Waals surface area contributed by atoms with Crippen molar-refractivity contribution in [2.45, 2.75) is 6.61 Å². The number of hydrogen-bond donors (Lipinski definition) is 3. The molecule has 0 aliphatic heterocycles. The molecule has 1 amide bonds. The third-order valence-corrected chi connectivity index (χ3v) is 5.00. The van der Waals surface area contributed by atoms with Gasteiger partial charge in [0.05, 0.1) is 11.3 Å². The molecule has 3 N–H and O–H groups in total. The zero-order valence-electron chi connectivity index (χ0n) is 17.4. The number of anilines is 1. The first-order valence-corrected chi connectivity index (χ1v) is 10.1. The fourth-order valence-corrected chi connectivity index (χ4v) is 3.34. The van der Waals surface area contributed by atoms with Gasteiger partial charge in [0.2, 0.25) is 0 Å². The van der Waals surface area contributed by atoms with Gasteiger partial charge in [0.15, 0.2) is 0 Å². The maximum absolute atomic E-state index is 12.7. The van der Waals surface area contributed by atoms with Crippen molar-refractivity contribution in [3.05, 3.63) is 101 Å². The number of aromatic carboxylic acids is 1. The average Bonchev–Trinajstić information content (AvgIpc) is 3.24. The first-order chi connectivity index (χ1) is 16.0. The number of benzene rings is 3. The number of carbonyl (C=O) groups excluding carboxylic acids is 1. The highest BCUT2D eigenvalue weighted by molar-refractivity contribution is 6.12. The molecule has 0 aliphatic rings. The van der Waals surface area contributed by atoms with E-state index in [1.807, 2.05) is 54.6 Å². The van der Waals surface area contributed by atoms with Gasteiger partial charge < -0.3 is 20.1 Å². The Morgan fingerprint density at radius 3 is 2.58 bits per heavy atom. The molecule has 1 aromatic heterocycles. The molecule has 0 bridgehead atoms. The van der Waals surface area contributed by atoms with Gasteiger partial charge in [-0.2, -0.15) is 5.26 Å². The summed E-state index contributed by atoms with van der Waals surface area (Å²) in [7, 11) is 0. The first kappa shape index (κ1) is 21.4. The van der Waals surface area contributed by atoms with Gasteiger partial charge in [-0.25, -0.2) is 4.79 Å². The van der Waals surface area contributed by atoms with Crippen LogP contribution in [0, 0.1) is 11.3 Å². The molecule has 0 unspecified atom stereocenters. The second-order valence-electron chi connectivity index (χ2n) is 7.20. The van der Waals surface area contributed by atoms with E-state index in [0.717, 1.165) is 16.5 Å². The van der Waals surface area contributed by atoms with Crippen molar-refractivity contribution in [2.24, 2.45) is 0 Å². The molecule has 4 aromatic rings. The molecular weight excluding hydrogens is 418 g/mol. The zero-order chi connectivity index (χ0) is 23.2. The largest absolute Gasteiger partial charge is 0.489 e. The normalized spacial score (nSPS) is 11.1. The van der Waals surface area contributed by atoms with Crippen LogP contribution in [-0.2, 0) is 11.4 Å². The van der Waals surface area contributed by atoms with Crippen molar-refractivity contribution in [2.75, 3.05) is 5.32 Å². The Morgan fingerprint density at radius 2 is 1.82 bits per heavy atom. The predicted molar refractivity (Wildman–Crippen MR) is 125 cm³/mol. The number of nitriles is 1. The van der Waals surface area contributed by atoms with Crippen molar-refractivity contribution in [3.8, 4) is 11.8 Å². The summed E-state index contributed by atoms with van der Waals surface area (Å²) in [6, 6.07) is 23.2. The molecule has 4 rings (SSSR count). The monoisotopic (exact) mass is 437 g/mol. The number of para-hydroxylation sites is 1. The number of nitrogens with one attached hydrogen (secondary N) is 2. The minimum Gasteiger partial charge on any atom is -0.489 e. The summed E-state index contributed by atoms with van der Waals surface area (Å²) >= 11 is 0. The third-order valence-electron chi connectivity index (χ3n) is 5.00. The molecule has 0 aliphatic carbocycles. The van der Waals surface area contributed by atoms with Crippen LogP contribution in [0.2, 0.25) is 0 Å². The maximum atomic E-state index is 12.7. The van der Waals surface area contributed by atoms with Gasteiger partial charge in [-0.3, -0.25) is 4.79 Å². The lowest BCUT2D eigenvalue weighted by Crippen LogP contribution is -2.16. The summed E-state index contributed by atoms with van der Waals surface area (Å²) in [6.07, 6.45) is 3.15. The number of rotatable bonds is 7. The molecule has 0 atom stereocenters. The number of ether oxygens (including phenoxy) is 1. The van der Waals surface area contributed by atoms with Crippen LogP contribution in [0.5, 0.6) is 5.75 Å². The van der Waals surface area contributed by atoms with Gasteiger partial charge in [0.1, 0.15) is 24.0 Å². The number of fused-ring (bicyclic) bond motifs is 1. The van der Waals surface area contributed by atoms with Crippen LogP contribution in [0.15, 0.2) is 84.6 Å². The number of carbonyl (C=O) groups is 2. The highest BCUT2D eigenvalue weighted by Gasteiger charge is 2.15. The SMILES string of the molecule is N#C/C(=C\c1c[nH]c2ccc(OCc3ccccc3)cc12)C(=O)Nc1ccccc1C(=O)O. The number of hydrogen-bond acceptors (Lipinski definition) is 4. The highest BCUT2D eigenvalue weighted by Crippen LogP contribution is 2.26. The molecule has 7 nitrogen and oxygen atoms in total. The molecule has 162 valence electrons. The minimum atomic E-state index is -1.17. The summed E-state index contributed by atoms with van der Waals surface area (Å²) < 4.78 is 5.88. The van der Waals surface area contributed by atoms with Gasteiger partial charge >= 0.3 is 5.97 Å². The Kier molecular flexibility index (Phi) is 6.19. The molecule has 0 radical (unpaired) electrons. The number of carboxylic acids is 1. The fraction of sp³-hybridized carbons (Fsp3) is 0.0385. The third kappa shape index (κ3) is 4.92. The molecule has 0 fully saturated rings. The summed E-state index contributed by atoms with van der Waals surface area (Å²) in [5.74, 6) is -1.22. The maximum Gasteiger partial charge on any atom is 0.337 e. The van der Waals surface area contributed by atoms with E-state index in [1.165, 1.54) is 18.2 Å². The zero-order valence-corrected chi connectivity index (χ0v) is 17.4. The van der Waals surface area contributed by atoms with E-state index >= 15 is 0 Å². The summed E-state index contributed by atoms with van der Waals surface area (Å²) in [5, 5.41) is 22.1. The van der Waals surface area contributed by atoms with Crippen molar-refractivity contribution in [1.29, 1.82) is 5.26 Å². The Morgan fingerprint density at radius 1 is 1.06 bits per heavy atom. The number of H-pyrrole nitrogens is 1. The quantitative estimate of drug-likeness (QED) is 0.278. The van der Waals surface area contributed by atoms with Crippen LogP contribution >= 0.6 is 0 Å². The van der Waals surface area contributed by atoms with Crippen LogP contribution in [0.1, 0.15) is 21.5 Å². The fourth-order valence-electron chi connectivity index (χ4n) is 3.34. The molecule has 3 aromatic carbocycles. The van der Waals surface area contributed by atoms with Crippen molar-refractivity contribution in [1.82, 2.24) is 4.98 Å². The lowest BCUT2D eigenvalue weighted by molar-refractivity contribution is -0.112. The second kappa shape index (κ2) is 9.54. The molecule has 0 spiro atoms. The van der Waals surface area contributed by atoms with E-state index in [9.17, 15) is 20.0 Å². The van der Waals surface area contributed by atoms with Crippen molar-refractivity contribution >= 4 is 34.5 Å². The number of carboxylic acid groups (broad SMARTS) is 1. The Hall–Kier alpha value is -4.83. The van der Waals surface area contributed by atoms with E-state index in [1.54, 1.807) is 18.3 Å². The minimum absolute atomic E-state index is 0.0598. The Balaban J connectivity index is 1.58. The van der Waals surface area contributed by atoms with Crippen LogP contribution in [-0.4, -0.2) is 22.0 Å². The summed E-state index contributed by atoms with van der Waals surface area (Å²) in [4.78, 5) is 27.2. The highest BCUT2D eigenvalue weighted by atomic mass is 16.5. The molecule has 33 heavy (non-hydrogen) atoms. The van der Waals surface area contributed by atoms with Crippen molar-refractivity contribution < 1.29 is 19.4 Å². The molecule has 7 heteroatoms. The standard InChI is InChI=1S/C26H19N3O4/c27-14-18(25(30)29-24-9-5-4-8-21(24)26(31)32)12-19-15-28-23-11-10-20(13-22(19)23)33-16-17-6-2-1-3-7-17/h1-13,15,28H,16H2,(H,29,30)(H,31,32)/b18-12+. The van der Waals surface area contributed by atoms with Gasteiger partial charge in [-0.05, 0) is 42.0 Å². The number of amides is 1.